The topological polar surface area (TPSA) is 107 Å². The maximum Gasteiger partial charge on any atom is 0.323 e. The van der Waals surface area contributed by atoms with Gasteiger partial charge < -0.3 is 10.6 Å². The van der Waals surface area contributed by atoms with Crippen molar-refractivity contribution < 1.29 is 17.6 Å². The van der Waals surface area contributed by atoms with Crippen LogP contribution >= 0.6 is 0 Å². The Balaban J connectivity index is 1.54. The first-order chi connectivity index (χ1) is 15.1. The zero-order valence-electron chi connectivity index (χ0n) is 18.4. The van der Waals surface area contributed by atoms with Crippen LogP contribution < -0.4 is 16.0 Å². The van der Waals surface area contributed by atoms with Crippen molar-refractivity contribution in [1.82, 2.24) is 19.5 Å². The van der Waals surface area contributed by atoms with Crippen LogP contribution in [-0.4, -0.2) is 67.7 Å². The molecular formula is C21H29FN6O3S. The van der Waals surface area contributed by atoms with Gasteiger partial charge in [-0.15, -0.1) is 0 Å². The summed E-state index contributed by atoms with van der Waals surface area (Å²) in [7, 11) is -0.295. The minimum atomic E-state index is -3.31. The summed E-state index contributed by atoms with van der Waals surface area (Å²) in [6, 6.07) is 7.50. The van der Waals surface area contributed by atoms with Gasteiger partial charge in [0, 0.05) is 51.2 Å². The van der Waals surface area contributed by atoms with Gasteiger partial charge in [-0.05, 0) is 49.2 Å². The van der Waals surface area contributed by atoms with E-state index < -0.39 is 21.9 Å². The molecule has 3 rings (SSSR count). The first kappa shape index (κ1) is 24.1. The molecule has 32 heavy (non-hydrogen) atoms. The Kier molecular flexibility index (Phi) is 7.77. The number of benzene rings is 1. The molecule has 1 aliphatic heterocycles. The standard InChI is InChI=1S/C21H29FN6O3S/c1-15-4-5-18(11-23-15)25-21(29)26-20-9-16(8-17(22)10-20)12-28-7-6-19(13-28)24-14-32(30,31)27(2)3/h4-5,8-11,19,24H,6-7,12-14H2,1-3H3,(H2,25,26,29)/t19-/m0/s1. The molecule has 1 atom stereocenters. The van der Waals surface area contributed by atoms with Gasteiger partial charge in [0.15, 0.2) is 0 Å². The molecule has 2 amide bonds. The van der Waals surface area contributed by atoms with Gasteiger partial charge in [0.2, 0.25) is 10.0 Å². The number of aromatic nitrogens is 1. The predicted molar refractivity (Wildman–Crippen MR) is 122 cm³/mol. The number of carbonyl (C=O) groups is 1. The number of halogens is 1. The Labute approximate surface area is 188 Å². The van der Waals surface area contributed by atoms with Crippen LogP contribution in [0.15, 0.2) is 36.5 Å². The lowest BCUT2D eigenvalue weighted by molar-refractivity contribution is 0.262. The Morgan fingerprint density at radius 3 is 2.66 bits per heavy atom. The van der Waals surface area contributed by atoms with E-state index in [-0.39, 0.29) is 11.9 Å². The smallest absolute Gasteiger partial charge is 0.308 e. The number of carbonyl (C=O) groups excluding carboxylic acids is 1. The maximum atomic E-state index is 14.1. The van der Waals surface area contributed by atoms with Gasteiger partial charge in [-0.25, -0.2) is 21.9 Å². The monoisotopic (exact) mass is 464 g/mol. The minimum Gasteiger partial charge on any atom is -0.308 e. The lowest BCUT2D eigenvalue weighted by Gasteiger charge is -2.18. The third-order valence-electron chi connectivity index (χ3n) is 5.17. The van der Waals surface area contributed by atoms with E-state index in [0.717, 1.165) is 24.2 Å². The van der Waals surface area contributed by atoms with E-state index in [1.165, 1.54) is 30.5 Å². The molecule has 9 nitrogen and oxygen atoms in total. The molecule has 0 saturated carbocycles. The number of likely N-dealkylation sites (tertiary alicyclic amines) is 1. The Morgan fingerprint density at radius 2 is 1.97 bits per heavy atom. The first-order valence-corrected chi connectivity index (χ1v) is 11.9. The summed E-state index contributed by atoms with van der Waals surface area (Å²) in [5.74, 6) is -0.557. The van der Waals surface area contributed by atoms with Crippen LogP contribution in [0.5, 0.6) is 0 Å². The van der Waals surface area contributed by atoms with Gasteiger partial charge in [-0.1, -0.05) is 0 Å². The summed E-state index contributed by atoms with van der Waals surface area (Å²) >= 11 is 0. The number of nitrogens with one attached hydrogen (secondary N) is 3. The fourth-order valence-corrected chi connectivity index (χ4v) is 4.11. The molecule has 0 bridgehead atoms. The third-order valence-corrected chi connectivity index (χ3v) is 6.82. The van der Waals surface area contributed by atoms with E-state index in [2.05, 4.69) is 25.8 Å². The van der Waals surface area contributed by atoms with Gasteiger partial charge in [0.05, 0.1) is 11.9 Å². The summed E-state index contributed by atoms with van der Waals surface area (Å²) in [4.78, 5) is 18.5. The maximum absolute atomic E-state index is 14.1. The number of rotatable bonds is 8. The minimum absolute atomic E-state index is 0.0461. The second-order valence-corrected chi connectivity index (χ2v) is 10.3. The largest absolute Gasteiger partial charge is 0.323 e. The fourth-order valence-electron chi connectivity index (χ4n) is 3.40. The van der Waals surface area contributed by atoms with Crippen LogP contribution in [0.1, 0.15) is 17.7 Å². The van der Waals surface area contributed by atoms with E-state index in [4.69, 9.17) is 0 Å². The number of hydrogen-bond donors (Lipinski definition) is 3. The quantitative estimate of drug-likeness (QED) is 0.553. The highest BCUT2D eigenvalue weighted by Crippen LogP contribution is 2.19. The average molecular weight is 465 g/mol. The molecule has 1 aliphatic rings. The zero-order chi connectivity index (χ0) is 23.3. The van der Waals surface area contributed by atoms with Crippen LogP contribution in [0.25, 0.3) is 0 Å². The molecule has 1 aromatic carbocycles. The highest BCUT2D eigenvalue weighted by molar-refractivity contribution is 7.89. The van der Waals surface area contributed by atoms with Gasteiger partial charge in [0.1, 0.15) is 11.7 Å². The van der Waals surface area contributed by atoms with E-state index in [9.17, 15) is 17.6 Å². The lowest BCUT2D eigenvalue weighted by atomic mass is 10.2. The van der Waals surface area contributed by atoms with E-state index >= 15 is 0 Å². The van der Waals surface area contributed by atoms with Crippen molar-refractivity contribution in [2.45, 2.75) is 25.9 Å². The number of pyridine rings is 1. The second-order valence-electron chi connectivity index (χ2n) is 8.08. The highest BCUT2D eigenvalue weighted by atomic mass is 32.2. The second kappa shape index (κ2) is 10.3. The van der Waals surface area contributed by atoms with Crippen LogP contribution in [-0.2, 0) is 16.6 Å². The van der Waals surface area contributed by atoms with Crippen LogP contribution in [0.3, 0.4) is 0 Å². The Morgan fingerprint density at radius 1 is 1.22 bits per heavy atom. The van der Waals surface area contributed by atoms with Crippen molar-refractivity contribution >= 4 is 27.4 Å². The first-order valence-electron chi connectivity index (χ1n) is 10.3. The van der Waals surface area contributed by atoms with Crippen LogP contribution in [0.2, 0.25) is 0 Å². The zero-order valence-corrected chi connectivity index (χ0v) is 19.2. The normalized spacial score (nSPS) is 17.0. The summed E-state index contributed by atoms with van der Waals surface area (Å²) in [6.07, 6.45) is 2.35. The SMILES string of the molecule is Cc1ccc(NC(=O)Nc2cc(F)cc(CN3CC[C@H](NCS(=O)(=O)N(C)C)C3)c2)cn1. The Bertz CT molecular complexity index is 1050. The van der Waals surface area contributed by atoms with Crippen LogP contribution in [0, 0.1) is 12.7 Å². The number of aryl methyl sites for hydroxylation is 1. The molecule has 0 spiro atoms. The Hall–Kier alpha value is -2.60. The molecule has 1 saturated heterocycles. The molecule has 11 heteroatoms. The fraction of sp³-hybridized carbons (Fsp3) is 0.429. The summed E-state index contributed by atoms with van der Waals surface area (Å²) in [5.41, 5.74) is 2.45. The molecule has 0 radical (unpaired) electrons. The molecule has 2 heterocycles. The van der Waals surface area contributed by atoms with Gasteiger partial charge >= 0.3 is 6.03 Å². The molecule has 0 unspecified atom stereocenters. The lowest BCUT2D eigenvalue weighted by Crippen LogP contribution is -2.39. The van der Waals surface area contributed by atoms with Crippen molar-refractivity contribution in [3.63, 3.8) is 0 Å². The molecule has 3 N–H and O–H groups in total. The van der Waals surface area contributed by atoms with E-state index in [1.54, 1.807) is 24.4 Å². The van der Waals surface area contributed by atoms with Crippen molar-refractivity contribution in [2.24, 2.45) is 0 Å². The average Bonchev–Trinajstić information content (AvgIpc) is 3.15. The molecular weight excluding hydrogens is 435 g/mol. The third kappa shape index (κ3) is 6.95. The predicted octanol–water partition coefficient (Wildman–Crippen LogP) is 2.19. The van der Waals surface area contributed by atoms with Gasteiger partial charge in [0.25, 0.3) is 0 Å². The summed E-state index contributed by atoms with van der Waals surface area (Å²) < 4.78 is 39.2. The number of amides is 2. The summed E-state index contributed by atoms with van der Waals surface area (Å²) in [5, 5.41) is 8.39. The molecule has 174 valence electrons. The number of sulfonamides is 1. The van der Waals surface area contributed by atoms with Crippen molar-refractivity contribution in [3.8, 4) is 0 Å². The van der Waals surface area contributed by atoms with E-state index in [1.807, 2.05) is 6.92 Å². The summed E-state index contributed by atoms with van der Waals surface area (Å²) in [6.45, 7) is 3.76. The molecule has 2 aromatic rings. The van der Waals surface area contributed by atoms with Crippen molar-refractivity contribution in [2.75, 3.05) is 43.7 Å². The highest BCUT2D eigenvalue weighted by Gasteiger charge is 2.24. The number of urea groups is 1. The van der Waals surface area contributed by atoms with Gasteiger partial charge in [-0.2, -0.15) is 0 Å². The number of anilines is 2. The van der Waals surface area contributed by atoms with Crippen molar-refractivity contribution in [3.05, 3.63) is 53.6 Å². The molecule has 0 aliphatic carbocycles. The molecule has 1 aromatic heterocycles. The molecule has 1 fully saturated rings. The van der Waals surface area contributed by atoms with Crippen LogP contribution in [0.4, 0.5) is 20.6 Å². The van der Waals surface area contributed by atoms with Crippen molar-refractivity contribution in [1.29, 1.82) is 0 Å². The number of nitrogens with zero attached hydrogens (tertiary/aromatic N) is 3. The van der Waals surface area contributed by atoms with E-state index in [0.29, 0.717) is 24.5 Å². The number of hydrogen-bond acceptors (Lipinski definition) is 6. The van der Waals surface area contributed by atoms with Gasteiger partial charge in [-0.3, -0.25) is 15.2 Å².